The van der Waals surface area contributed by atoms with Gasteiger partial charge in [0.1, 0.15) is 5.82 Å². The van der Waals surface area contributed by atoms with E-state index in [0.717, 1.165) is 6.20 Å². The third kappa shape index (κ3) is 2.00. The third-order valence-electron chi connectivity index (χ3n) is 2.07. The first-order valence-electron chi connectivity index (χ1n) is 4.27. The summed E-state index contributed by atoms with van der Waals surface area (Å²) < 4.78 is 17.8. The molecule has 3 nitrogen and oxygen atoms in total. The average Bonchev–Trinajstić information content (AvgIpc) is 2.63. The molecule has 0 fully saturated rings. The van der Waals surface area contributed by atoms with E-state index < -0.39 is 11.9 Å². The van der Waals surface area contributed by atoms with E-state index in [1.54, 1.807) is 6.07 Å². The number of aromatic nitrogens is 1. The van der Waals surface area contributed by atoms with Crippen LogP contribution in [0.2, 0.25) is 5.22 Å². The highest BCUT2D eigenvalue weighted by Crippen LogP contribution is 2.26. The molecule has 0 radical (unpaired) electrons. The topological polar surface area (TPSA) is 52.0 Å². The molecule has 0 aliphatic heterocycles. The van der Waals surface area contributed by atoms with Crippen molar-refractivity contribution in [3.8, 4) is 0 Å². The van der Waals surface area contributed by atoms with E-state index in [4.69, 9.17) is 21.8 Å². The van der Waals surface area contributed by atoms with Gasteiger partial charge in [0.2, 0.25) is 0 Å². The molecular formula is C10H8ClFN2O. The zero-order chi connectivity index (χ0) is 10.8. The minimum absolute atomic E-state index is 0.215. The number of hydrogen-bond acceptors (Lipinski definition) is 3. The minimum Gasteiger partial charge on any atom is -0.453 e. The number of pyridine rings is 1. The third-order valence-corrected chi connectivity index (χ3v) is 2.37. The van der Waals surface area contributed by atoms with Crippen molar-refractivity contribution in [3.05, 3.63) is 53.0 Å². The first-order valence-corrected chi connectivity index (χ1v) is 4.65. The molecule has 0 saturated heterocycles. The second kappa shape index (κ2) is 4.00. The van der Waals surface area contributed by atoms with Gasteiger partial charge in [-0.3, -0.25) is 4.98 Å². The van der Waals surface area contributed by atoms with E-state index in [1.165, 1.54) is 18.5 Å². The van der Waals surface area contributed by atoms with Crippen LogP contribution < -0.4 is 5.73 Å². The van der Waals surface area contributed by atoms with Crippen LogP contribution in [0.15, 0.2) is 35.2 Å². The molecule has 0 saturated carbocycles. The van der Waals surface area contributed by atoms with E-state index in [1.807, 2.05) is 0 Å². The average molecular weight is 227 g/mol. The highest BCUT2D eigenvalue weighted by Gasteiger charge is 2.15. The van der Waals surface area contributed by atoms with Crippen molar-refractivity contribution in [2.45, 2.75) is 6.04 Å². The monoisotopic (exact) mass is 226 g/mol. The summed E-state index contributed by atoms with van der Waals surface area (Å²) in [6, 6.07) is 2.44. The Bertz CT molecular complexity index is 472. The molecule has 2 rings (SSSR count). The van der Waals surface area contributed by atoms with Crippen molar-refractivity contribution < 1.29 is 8.81 Å². The van der Waals surface area contributed by atoms with Crippen LogP contribution >= 0.6 is 11.6 Å². The summed E-state index contributed by atoms with van der Waals surface area (Å²) >= 11 is 5.76. The van der Waals surface area contributed by atoms with Gasteiger partial charge in [0, 0.05) is 11.8 Å². The van der Waals surface area contributed by atoms with Crippen LogP contribution in [0.4, 0.5) is 4.39 Å². The second-order valence-electron chi connectivity index (χ2n) is 3.06. The molecular weight excluding hydrogens is 219 g/mol. The normalized spacial score (nSPS) is 12.7. The van der Waals surface area contributed by atoms with Crippen LogP contribution in [-0.4, -0.2) is 4.98 Å². The smallest absolute Gasteiger partial charge is 0.198 e. The number of halogens is 2. The second-order valence-corrected chi connectivity index (χ2v) is 3.41. The first kappa shape index (κ1) is 10.1. The zero-order valence-corrected chi connectivity index (χ0v) is 8.41. The number of rotatable bonds is 2. The van der Waals surface area contributed by atoms with Gasteiger partial charge in [-0.2, -0.15) is 0 Å². The molecule has 0 spiro atoms. The number of nitrogens with zero attached hydrogens (tertiary/aromatic N) is 1. The van der Waals surface area contributed by atoms with Crippen LogP contribution in [0.5, 0.6) is 0 Å². The van der Waals surface area contributed by atoms with Gasteiger partial charge in [-0.05, 0) is 29.3 Å². The Balaban J connectivity index is 2.36. The van der Waals surface area contributed by atoms with Crippen molar-refractivity contribution in [1.82, 2.24) is 4.98 Å². The van der Waals surface area contributed by atoms with Crippen LogP contribution in [-0.2, 0) is 0 Å². The van der Waals surface area contributed by atoms with Gasteiger partial charge >= 0.3 is 0 Å². The lowest BCUT2D eigenvalue weighted by Gasteiger charge is -2.09. The fourth-order valence-electron chi connectivity index (χ4n) is 1.30. The highest BCUT2D eigenvalue weighted by atomic mass is 35.5. The largest absolute Gasteiger partial charge is 0.453 e. The van der Waals surface area contributed by atoms with Gasteiger partial charge in [-0.1, -0.05) is 0 Å². The SMILES string of the molecule is NC(c1cncc(F)c1)c1ccoc1Cl. The summed E-state index contributed by atoms with van der Waals surface area (Å²) in [5, 5.41) is 0.215. The molecule has 15 heavy (non-hydrogen) atoms. The van der Waals surface area contributed by atoms with E-state index in [9.17, 15) is 4.39 Å². The lowest BCUT2D eigenvalue weighted by molar-refractivity contribution is 0.563. The van der Waals surface area contributed by atoms with Crippen LogP contribution in [0.25, 0.3) is 0 Å². The van der Waals surface area contributed by atoms with E-state index >= 15 is 0 Å². The Hall–Kier alpha value is -1.39. The summed E-state index contributed by atoms with van der Waals surface area (Å²) in [7, 11) is 0. The van der Waals surface area contributed by atoms with Gasteiger partial charge in [0.15, 0.2) is 5.22 Å². The Labute approximate surface area is 90.7 Å². The van der Waals surface area contributed by atoms with Crippen molar-refractivity contribution in [2.75, 3.05) is 0 Å². The van der Waals surface area contributed by atoms with Crippen LogP contribution in [0.3, 0.4) is 0 Å². The maximum absolute atomic E-state index is 12.9. The standard InChI is InChI=1S/C10H8ClFN2O/c11-10-8(1-2-15-10)9(13)6-3-7(12)5-14-4-6/h1-5,9H,13H2. The minimum atomic E-state index is -0.528. The summed E-state index contributed by atoms with van der Waals surface area (Å²) in [6.07, 6.45) is 4.05. The van der Waals surface area contributed by atoms with Gasteiger partial charge in [0.05, 0.1) is 18.5 Å². The summed E-state index contributed by atoms with van der Waals surface area (Å²) in [5.74, 6) is -0.428. The molecule has 2 heterocycles. The number of nitrogens with two attached hydrogens (primary N) is 1. The lowest BCUT2D eigenvalue weighted by atomic mass is 10.0. The first-order chi connectivity index (χ1) is 7.18. The van der Waals surface area contributed by atoms with Gasteiger partial charge < -0.3 is 10.2 Å². The number of furan rings is 1. The molecule has 1 unspecified atom stereocenters. The van der Waals surface area contributed by atoms with Crippen molar-refractivity contribution >= 4 is 11.6 Å². The van der Waals surface area contributed by atoms with E-state index in [0.29, 0.717) is 11.1 Å². The molecule has 2 N–H and O–H groups in total. The lowest BCUT2D eigenvalue weighted by Crippen LogP contribution is -2.11. The van der Waals surface area contributed by atoms with Gasteiger partial charge in [-0.25, -0.2) is 4.39 Å². The van der Waals surface area contributed by atoms with Crippen molar-refractivity contribution in [1.29, 1.82) is 0 Å². The summed E-state index contributed by atoms with van der Waals surface area (Å²) in [5.41, 5.74) is 7.05. The Morgan fingerprint density at radius 1 is 1.47 bits per heavy atom. The molecule has 0 aliphatic carbocycles. The van der Waals surface area contributed by atoms with E-state index in [-0.39, 0.29) is 5.22 Å². The van der Waals surface area contributed by atoms with Gasteiger partial charge in [0.25, 0.3) is 0 Å². The molecule has 2 aromatic rings. The van der Waals surface area contributed by atoms with Crippen molar-refractivity contribution in [3.63, 3.8) is 0 Å². The fraction of sp³-hybridized carbons (Fsp3) is 0.100. The summed E-state index contributed by atoms with van der Waals surface area (Å²) in [6.45, 7) is 0. The van der Waals surface area contributed by atoms with E-state index in [2.05, 4.69) is 4.98 Å². The maximum Gasteiger partial charge on any atom is 0.198 e. The fourth-order valence-corrected chi connectivity index (χ4v) is 1.54. The molecule has 0 aromatic carbocycles. The molecule has 0 aliphatic rings. The van der Waals surface area contributed by atoms with Crippen LogP contribution in [0, 0.1) is 5.82 Å². The predicted octanol–water partition coefficient (Wildman–Crippen LogP) is 2.52. The summed E-state index contributed by atoms with van der Waals surface area (Å²) in [4.78, 5) is 3.72. The van der Waals surface area contributed by atoms with Gasteiger partial charge in [-0.15, -0.1) is 0 Å². The van der Waals surface area contributed by atoms with Crippen molar-refractivity contribution in [2.24, 2.45) is 5.73 Å². The molecule has 1 atom stereocenters. The maximum atomic E-state index is 12.9. The molecule has 2 aromatic heterocycles. The Kier molecular flexibility index (Phi) is 2.70. The Morgan fingerprint density at radius 2 is 2.27 bits per heavy atom. The Morgan fingerprint density at radius 3 is 2.87 bits per heavy atom. The van der Waals surface area contributed by atoms with Crippen LogP contribution in [0.1, 0.15) is 17.2 Å². The molecule has 78 valence electrons. The predicted molar refractivity (Wildman–Crippen MR) is 53.9 cm³/mol. The molecule has 5 heteroatoms. The molecule has 0 amide bonds. The zero-order valence-electron chi connectivity index (χ0n) is 7.65. The number of hydrogen-bond donors (Lipinski definition) is 1. The molecule has 0 bridgehead atoms. The quantitative estimate of drug-likeness (QED) is 0.856. The highest BCUT2D eigenvalue weighted by molar-refractivity contribution is 6.29.